The molecule has 0 aliphatic heterocycles. The fourth-order valence-corrected chi connectivity index (χ4v) is 3.33. The molecule has 0 aromatic heterocycles. The number of rotatable bonds is 8. The molecular weight excluding hydrogens is 220 g/mol. The largest absolute Gasteiger partial charge is 0.330 e. The molecule has 0 amide bonds. The second-order valence-corrected chi connectivity index (χ2v) is 7.86. The number of hydrogen-bond donors (Lipinski definition) is 2. The summed E-state index contributed by atoms with van der Waals surface area (Å²) in [4.78, 5) is 0. The maximum absolute atomic E-state index is 5.90. The lowest BCUT2D eigenvalue weighted by molar-refractivity contribution is 0.280. The highest BCUT2D eigenvalue weighted by Gasteiger charge is 2.40. The second-order valence-electron chi connectivity index (χ2n) is 7.86. The first kappa shape index (κ1) is 14.3. The highest BCUT2D eigenvalue weighted by atomic mass is 14.9. The summed E-state index contributed by atoms with van der Waals surface area (Å²) in [5, 5.41) is 3.72. The summed E-state index contributed by atoms with van der Waals surface area (Å²) in [6, 6.07) is 0. The van der Waals surface area contributed by atoms with Crippen LogP contribution in [0.3, 0.4) is 0 Å². The molecule has 0 aromatic carbocycles. The van der Waals surface area contributed by atoms with Crippen molar-refractivity contribution in [2.24, 2.45) is 34.8 Å². The van der Waals surface area contributed by atoms with Crippen LogP contribution in [0.1, 0.15) is 52.9 Å². The van der Waals surface area contributed by atoms with Gasteiger partial charge in [-0.15, -0.1) is 0 Å². The first-order valence-corrected chi connectivity index (χ1v) is 7.90. The Morgan fingerprint density at radius 2 is 1.61 bits per heavy atom. The second kappa shape index (κ2) is 5.92. The average molecular weight is 252 g/mol. The smallest absolute Gasteiger partial charge is 0.000814 e. The van der Waals surface area contributed by atoms with Crippen molar-refractivity contribution in [1.82, 2.24) is 5.32 Å². The fraction of sp³-hybridized carbons (Fsp3) is 1.00. The molecule has 2 nitrogen and oxygen atoms in total. The van der Waals surface area contributed by atoms with Crippen molar-refractivity contribution in [3.05, 3.63) is 0 Å². The number of hydrogen-bond acceptors (Lipinski definition) is 2. The normalized spacial score (nSPS) is 22.5. The first-order valence-electron chi connectivity index (χ1n) is 7.90. The van der Waals surface area contributed by atoms with Gasteiger partial charge in [0.25, 0.3) is 0 Å². The Bertz CT molecular complexity index is 236. The van der Waals surface area contributed by atoms with Crippen LogP contribution in [0.25, 0.3) is 0 Å². The molecule has 2 aliphatic carbocycles. The molecule has 106 valence electrons. The Balaban J connectivity index is 1.66. The molecule has 0 heterocycles. The van der Waals surface area contributed by atoms with E-state index in [1.165, 1.54) is 38.6 Å². The minimum atomic E-state index is 0.401. The standard InChI is InChI=1S/C16H32N2/c1-16(2,3)8-12(9-17)10-18-11-15(13-4-5-13)14-6-7-14/h12-15,18H,4-11,17H2,1-3H3. The zero-order valence-electron chi connectivity index (χ0n) is 12.5. The maximum atomic E-state index is 5.90. The summed E-state index contributed by atoms with van der Waals surface area (Å²) in [6.07, 6.45) is 7.20. The zero-order chi connectivity index (χ0) is 13.2. The van der Waals surface area contributed by atoms with Crippen molar-refractivity contribution in [1.29, 1.82) is 0 Å². The molecule has 1 unspecified atom stereocenters. The summed E-state index contributed by atoms with van der Waals surface area (Å²) in [6.45, 7) is 10.1. The minimum Gasteiger partial charge on any atom is -0.330 e. The molecular formula is C16H32N2. The van der Waals surface area contributed by atoms with E-state index in [1.807, 2.05) is 0 Å². The highest BCUT2D eigenvalue weighted by Crippen LogP contribution is 2.48. The Morgan fingerprint density at radius 1 is 1.06 bits per heavy atom. The van der Waals surface area contributed by atoms with Crippen LogP contribution in [0.5, 0.6) is 0 Å². The van der Waals surface area contributed by atoms with Crippen molar-refractivity contribution >= 4 is 0 Å². The predicted molar refractivity (Wildman–Crippen MR) is 78.4 cm³/mol. The Hall–Kier alpha value is -0.0800. The fourth-order valence-electron chi connectivity index (χ4n) is 3.33. The minimum absolute atomic E-state index is 0.401. The van der Waals surface area contributed by atoms with Crippen LogP contribution >= 0.6 is 0 Å². The molecule has 0 saturated heterocycles. The van der Waals surface area contributed by atoms with E-state index in [1.54, 1.807) is 0 Å². The van der Waals surface area contributed by atoms with Gasteiger partial charge in [-0.25, -0.2) is 0 Å². The van der Waals surface area contributed by atoms with Crippen molar-refractivity contribution in [3.63, 3.8) is 0 Å². The van der Waals surface area contributed by atoms with Gasteiger partial charge in [0.1, 0.15) is 0 Å². The zero-order valence-corrected chi connectivity index (χ0v) is 12.5. The lowest BCUT2D eigenvalue weighted by Gasteiger charge is -2.26. The topological polar surface area (TPSA) is 38.0 Å². The van der Waals surface area contributed by atoms with Crippen LogP contribution in [0.15, 0.2) is 0 Å². The first-order chi connectivity index (χ1) is 8.49. The molecule has 2 fully saturated rings. The molecule has 0 bridgehead atoms. The van der Waals surface area contributed by atoms with Gasteiger partial charge in [0, 0.05) is 0 Å². The lowest BCUT2D eigenvalue weighted by atomic mass is 9.84. The summed E-state index contributed by atoms with van der Waals surface area (Å²) in [5.41, 5.74) is 6.30. The van der Waals surface area contributed by atoms with Crippen molar-refractivity contribution < 1.29 is 0 Å². The molecule has 2 aliphatic rings. The molecule has 0 aromatic rings. The van der Waals surface area contributed by atoms with E-state index in [-0.39, 0.29) is 0 Å². The van der Waals surface area contributed by atoms with Gasteiger partial charge < -0.3 is 11.1 Å². The van der Waals surface area contributed by atoms with Crippen LogP contribution in [0, 0.1) is 29.1 Å². The van der Waals surface area contributed by atoms with Gasteiger partial charge in [-0.3, -0.25) is 0 Å². The van der Waals surface area contributed by atoms with E-state index in [0.717, 1.165) is 30.8 Å². The van der Waals surface area contributed by atoms with Crippen LogP contribution in [0.4, 0.5) is 0 Å². The van der Waals surface area contributed by atoms with Gasteiger partial charge in [0.15, 0.2) is 0 Å². The Labute approximate surface area is 113 Å². The molecule has 0 spiro atoms. The van der Waals surface area contributed by atoms with E-state index < -0.39 is 0 Å². The third kappa shape index (κ3) is 4.89. The van der Waals surface area contributed by atoms with E-state index in [0.29, 0.717) is 11.3 Å². The molecule has 2 saturated carbocycles. The van der Waals surface area contributed by atoms with Gasteiger partial charge in [-0.1, -0.05) is 20.8 Å². The summed E-state index contributed by atoms with van der Waals surface area (Å²) >= 11 is 0. The maximum Gasteiger partial charge on any atom is -0.000814 e. The number of nitrogens with two attached hydrogens (primary N) is 1. The third-order valence-corrected chi connectivity index (χ3v) is 4.50. The van der Waals surface area contributed by atoms with Crippen LogP contribution in [0.2, 0.25) is 0 Å². The van der Waals surface area contributed by atoms with Crippen molar-refractivity contribution in [2.45, 2.75) is 52.9 Å². The van der Waals surface area contributed by atoms with E-state index >= 15 is 0 Å². The van der Waals surface area contributed by atoms with E-state index in [4.69, 9.17) is 5.73 Å². The predicted octanol–water partition coefficient (Wildman–Crippen LogP) is 3.02. The SMILES string of the molecule is CC(C)(C)CC(CN)CNCC(C1CC1)C1CC1. The van der Waals surface area contributed by atoms with E-state index in [9.17, 15) is 0 Å². The van der Waals surface area contributed by atoms with Crippen LogP contribution in [-0.4, -0.2) is 19.6 Å². The van der Waals surface area contributed by atoms with Gasteiger partial charge in [-0.05, 0) is 80.8 Å². The third-order valence-electron chi connectivity index (χ3n) is 4.50. The Morgan fingerprint density at radius 3 is 2.00 bits per heavy atom. The van der Waals surface area contributed by atoms with Crippen molar-refractivity contribution in [3.8, 4) is 0 Å². The van der Waals surface area contributed by atoms with Crippen LogP contribution in [-0.2, 0) is 0 Å². The molecule has 18 heavy (non-hydrogen) atoms. The van der Waals surface area contributed by atoms with Gasteiger partial charge in [0.2, 0.25) is 0 Å². The monoisotopic (exact) mass is 252 g/mol. The van der Waals surface area contributed by atoms with Gasteiger partial charge in [-0.2, -0.15) is 0 Å². The molecule has 3 N–H and O–H groups in total. The van der Waals surface area contributed by atoms with Gasteiger partial charge >= 0.3 is 0 Å². The molecule has 2 heteroatoms. The molecule has 0 radical (unpaired) electrons. The summed E-state index contributed by atoms with van der Waals surface area (Å²) in [5.74, 6) is 3.75. The van der Waals surface area contributed by atoms with E-state index in [2.05, 4.69) is 26.1 Å². The van der Waals surface area contributed by atoms with Gasteiger partial charge in [0.05, 0.1) is 0 Å². The molecule has 1 atom stereocenters. The molecule has 2 rings (SSSR count). The highest BCUT2D eigenvalue weighted by molar-refractivity contribution is 4.92. The summed E-state index contributed by atoms with van der Waals surface area (Å²) < 4.78 is 0. The quantitative estimate of drug-likeness (QED) is 0.697. The Kier molecular flexibility index (Phi) is 4.71. The van der Waals surface area contributed by atoms with Crippen molar-refractivity contribution in [2.75, 3.05) is 19.6 Å². The average Bonchev–Trinajstić information content (AvgIpc) is 3.14. The lowest BCUT2D eigenvalue weighted by Crippen LogP contribution is -2.34. The number of nitrogens with one attached hydrogen (secondary N) is 1. The summed E-state index contributed by atoms with van der Waals surface area (Å²) in [7, 11) is 0. The van der Waals surface area contributed by atoms with Crippen LogP contribution < -0.4 is 11.1 Å².